The number of nitrogens with zero attached hydrogens (tertiary/aromatic N) is 2. The van der Waals surface area contributed by atoms with Gasteiger partial charge in [0, 0.05) is 23.4 Å². The van der Waals surface area contributed by atoms with Crippen molar-refractivity contribution < 1.29 is 13.9 Å². The summed E-state index contributed by atoms with van der Waals surface area (Å²) in [6.45, 7) is 1.86. The summed E-state index contributed by atoms with van der Waals surface area (Å²) in [5.41, 5.74) is 2.83. The normalized spacial score (nSPS) is 10.8. The summed E-state index contributed by atoms with van der Waals surface area (Å²) in [6, 6.07) is 16.6. The van der Waals surface area contributed by atoms with Crippen LogP contribution >= 0.6 is 11.8 Å². The number of aromatic nitrogens is 3. The minimum absolute atomic E-state index is 0.197. The summed E-state index contributed by atoms with van der Waals surface area (Å²) in [5.74, 6) is 2.96. The van der Waals surface area contributed by atoms with Crippen LogP contribution in [0.2, 0.25) is 0 Å². The number of benzene rings is 2. The molecule has 2 aromatic heterocycles. The zero-order valence-corrected chi connectivity index (χ0v) is 18.2. The van der Waals surface area contributed by atoms with Crippen molar-refractivity contribution >= 4 is 11.8 Å². The van der Waals surface area contributed by atoms with E-state index in [0.29, 0.717) is 39.8 Å². The van der Waals surface area contributed by atoms with Gasteiger partial charge in [-0.2, -0.15) is 0 Å². The molecule has 0 aliphatic heterocycles. The summed E-state index contributed by atoms with van der Waals surface area (Å²) in [6.07, 6.45) is 0. The van der Waals surface area contributed by atoms with Gasteiger partial charge in [-0.1, -0.05) is 42.1 Å². The quantitative estimate of drug-likeness (QED) is 0.332. The molecule has 2 heterocycles. The van der Waals surface area contributed by atoms with Crippen LogP contribution < -0.4 is 15.0 Å². The summed E-state index contributed by atoms with van der Waals surface area (Å²) in [4.78, 5) is 24.1. The molecule has 4 rings (SSSR count). The van der Waals surface area contributed by atoms with E-state index in [1.54, 1.807) is 20.3 Å². The van der Waals surface area contributed by atoms with E-state index in [1.807, 2.05) is 49.4 Å². The van der Waals surface area contributed by atoms with E-state index in [2.05, 4.69) is 15.0 Å². The van der Waals surface area contributed by atoms with Gasteiger partial charge in [0.2, 0.25) is 5.89 Å². The lowest BCUT2D eigenvalue weighted by atomic mass is 10.1. The third-order valence-electron chi connectivity index (χ3n) is 4.67. The van der Waals surface area contributed by atoms with E-state index in [-0.39, 0.29) is 5.56 Å². The highest BCUT2D eigenvalue weighted by atomic mass is 32.2. The molecule has 1 N–H and O–H groups in total. The fourth-order valence-corrected chi connectivity index (χ4v) is 3.93. The van der Waals surface area contributed by atoms with Crippen LogP contribution in [-0.4, -0.2) is 29.2 Å². The molecule has 0 saturated heterocycles. The summed E-state index contributed by atoms with van der Waals surface area (Å²) in [5, 5.41) is 0.525. The van der Waals surface area contributed by atoms with E-state index >= 15 is 0 Å². The van der Waals surface area contributed by atoms with Crippen LogP contribution in [0.25, 0.3) is 22.7 Å². The monoisotopic (exact) mass is 435 g/mol. The number of methoxy groups -OCH3 is 2. The smallest absolute Gasteiger partial charge is 0.252 e. The number of rotatable bonds is 7. The van der Waals surface area contributed by atoms with Crippen molar-refractivity contribution in [3.8, 4) is 34.2 Å². The lowest BCUT2D eigenvalue weighted by molar-refractivity contribution is 0.394. The van der Waals surface area contributed by atoms with E-state index in [4.69, 9.17) is 13.9 Å². The van der Waals surface area contributed by atoms with Gasteiger partial charge < -0.3 is 18.9 Å². The minimum atomic E-state index is -0.197. The average molecular weight is 436 g/mol. The van der Waals surface area contributed by atoms with Gasteiger partial charge in [-0.15, -0.1) is 0 Å². The number of H-pyrrole nitrogens is 1. The van der Waals surface area contributed by atoms with Gasteiger partial charge in [-0.3, -0.25) is 4.79 Å². The van der Waals surface area contributed by atoms with Crippen LogP contribution in [0.15, 0.2) is 69.0 Å². The number of oxazole rings is 1. The molecule has 0 spiro atoms. The second-order valence-corrected chi connectivity index (χ2v) is 7.64. The average Bonchev–Trinajstić information content (AvgIpc) is 3.17. The predicted molar refractivity (Wildman–Crippen MR) is 120 cm³/mol. The van der Waals surface area contributed by atoms with Gasteiger partial charge in [0.1, 0.15) is 17.3 Å². The van der Waals surface area contributed by atoms with Gasteiger partial charge in [0.15, 0.2) is 5.16 Å². The maximum atomic E-state index is 12.1. The van der Waals surface area contributed by atoms with Crippen LogP contribution in [0.3, 0.4) is 0 Å². The molecule has 31 heavy (non-hydrogen) atoms. The Labute approximate surface area is 183 Å². The maximum Gasteiger partial charge on any atom is 0.252 e. The summed E-state index contributed by atoms with van der Waals surface area (Å²) in [7, 11) is 3.19. The molecule has 7 nitrogen and oxygen atoms in total. The number of thioether (sulfide) groups is 1. The van der Waals surface area contributed by atoms with Crippen LogP contribution in [0.1, 0.15) is 11.5 Å². The number of nitrogens with one attached hydrogen (secondary N) is 1. The van der Waals surface area contributed by atoms with Gasteiger partial charge in [0.05, 0.1) is 31.2 Å². The third kappa shape index (κ3) is 4.64. The first-order chi connectivity index (χ1) is 15.1. The van der Waals surface area contributed by atoms with Crippen molar-refractivity contribution in [1.82, 2.24) is 15.0 Å². The molecule has 0 aliphatic carbocycles. The van der Waals surface area contributed by atoms with Crippen molar-refractivity contribution in [2.45, 2.75) is 17.8 Å². The summed E-state index contributed by atoms with van der Waals surface area (Å²) < 4.78 is 16.6. The molecule has 0 fully saturated rings. The van der Waals surface area contributed by atoms with Crippen molar-refractivity contribution in [1.29, 1.82) is 0 Å². The van der Waals surface area contributed by atoms with E-state index in [9.17, 15) is 4.79 Å². The van der Waals surface area contributed by atoms with Gasteiger partial charge in [-0.05, 0) is 19.1 Å². The molecule has 0 unspecified atom stereocenters. The van der Waals surface area contributed by atoms with Crippen LogP contribution in [0.4, 0.5) is 0 Å². The number of hydrogen-bond donors (Lipinski definition) is 1. The Kier molecular flexibility index (Phi) is 6.08. The van der Waals surface area contributed by atoms with Crippen LogP contribution in [0.5, 0.6) is 11.5 Å². The molecule has 0 radical (unpaired) electrons. The van der Waals surface area contributed by atoms with E-state index in [1.165, 1.54) is 17.8 Å². The maximum absolute atomic E-state index is 12.1. The highest BCUT2D eigenvalue weighted by Crippen LogP contribution is 2.34. The zero-order chi connectivity index (χ0) is 21.8. The predicted octanol–water partition coefficient (Wildman–Crippen LogP) is 4.71. The Balaban J connectivity index is 1.56. The van der Waals surface area contributed by atoms with Gasteiger partial charge in [0.25, 0.3) is 5.56 Å². The molecule has 4 aromatic rings. The molecular formula is C23H21N3O4S. The number of hydrogen-bond acceptors (Lipinski definition) is 7. The molecule has 0 saturated carbocycles. The lowest BCUT2D eigenvalue weighted by Crippen LogP contribution is -2.08. The first-order valence-corrected chi connectivity index (χ1v) is 10.5. The lowest BCUT2D eigenvalue weighted by Gasteiger charge is -2.07. The van der Waals surface area contributed by atoms with Gasteiger partial charge >= 0.3 is 0 Å². The number of aryl methyl sites for hydroxylation is 1. The van der Waals surface area contributed by atoms with Crippen LogP contribution in [0, 0.1) is 6.92 Å². The third-order valence-corrected chi connectivity index (χ3v) is 5.55. The molecule has 2 aromatic carbocycles. The molecule has 158 valence electrons. The summed E-state index contributed by atoms with van der Waals surface area (Å²) >= 11 is 1.39. The zero-order valence-electron chi connectivity index (χ0n) is 17.3. The molecule has 0 amide bonds. The van der Waals surface area contributed by atoms with Crippen molar-refractivity contribution in [2.24, 2.45) is 0 Å². The molecule has 0 bridgehead atoms. The Morgan fingerprint density at radius 3 is 2.58 bits per heavy atom. The second-order valence-electron chi connectivity index (χ2n) is 6.68. The van der Waals surface area contributed by atoms with E-state index < -0.39 is 0 Å². The van der Waals surface area contributed by atoms with Crippen molar-refractivity contribution in [3.05, 3.63) is 76.4 Å². The fraction of sp³-hybridized carbons (Fsp3) is 0.174. The SMILES string of the molecule is COc1ccc(-c2nc(CSc3nc(-c4ccccc4)cc(=O)[nH]3)c(C)o2)c(OC)c1. The Bertz CT molecular complexity index is 1250. The molecule has 0 aliphatic rings. The van der Waals surface area contributed by atoms with E-state index in [0.717, 1.165) is 16.8 Å². The fourth-order valence-electron chi connectivity index (χ4n) is 3.05. The Hall–Kier alpha value is -3.52. The minimum Gasteiger partial charge on any atom is -0.497 e. The van der Waals surface area contributed by atoms with Crippen molar-refractivity contribution in [2.75, 3.05) is 14.2 Å². The second kappa shape index (κ2) is 9.09. The van der Waals surface area contributed by atoms with Gasteiger partial charge in [-0.25, -0.2) is 9.97 Å². The standard InChI is InChI=1S/C23H21N3O4S/c1-14-19(24-22(30-14)17-10-9-16(28-2)11-20(17)29-3)13-31-23-25-18(12-21(27)26-23)15-7-5-4-6-8-15/h4-12H,13H2,1-3H3,(H,25,26,27). The number of ether oxygens (including phenoxy) is 2. The molecule has 0 atom stereocenters. The largest absolute Gasteiger partial charge is 0.497 e. The first kappa shape index (κ1) is 20.7. The highest BCUT2D eigenvalue weighted by Gasteiger charge is 2.17. The Morgan fingerprint density at radius 1 is 1.03 bits per heavy atom. The molecular weight excluding hydrogens is 414 g/mol. The topological polar surface area (TPSA) is 90.2 Å². The molecule has 8 heteroatoms. The first-order valence-electron chi connectivity index (χ1n) is 9.55. The van der Waals surface area contributed by atoms with Crippen molar-refractivity contribution in [3.63, 3.8) is 0 Å². The number of aromatic amines is 1. The highest BCUT2D eigenvalue weighted by molar-refractivity contribution is 7.98. The van der Waals surface area contributed by atoms with Crippen LogP contribution in [-0.2, 0) is 5.75 Å². The Morgan fingerprint density at radius 2 is 1.84 bits per heavy atom.